The molecule has 0 amide bonds. The fourth-order valence-corrected chi connectivity index (χ4v) is 1.68. The lowest BCUT2D eigenvalue weighted by molar-refractivity contribution is -0.0819. The Bertz CT molecular complexity index is 356. The van der Waals surface area contributed by atoms with Gasteiger partial charge in [-0.1, -0.05) is 6.92 Å². The van der Waals surface area contributed by atoms with Gasteiger partial charge in [0, 0.05) is 19.2 Å². The summed E-state index contributed by atoms with van der Waals surface area (Å²) < 4.78 is 10.9. The number of hydrogen-bond donors (Lipinski definition) is 2. The molecule has 1 fully saturated rings. The lowest BCUT2D eigenvalue weighted by Gasteiger charge is -2.23. The van der Waals surface area contributed by atoms with Crippen LogP contribution in [0.5, 0.6) is 0 Å². The number of nitrogens with zero attached hydrogens (tertiary/aromatic N) is 2. The highest BCUT2D eigenvalue weighted by Crippen LogP contribution is 2.09. The minimum absolute atomic E-state index is 0.0979. The highest BCUT2D eigenvalue weighted by molar-refractivity contribution is 5.46. The zero-order valence-corrected chi connectivity index (χ0v) is 10.7. The topological polar surface area (TPSA) is 68.3 Å². The Labute approximate surface area is 107 Å². The summed E-state index contributed by atoms with van der Waals surface area (Å²) in [7, 11) is 0. The summed E-state index contributed by atoms with van der Waals surface area (Å²) in [5, 5.41) is 6.46. The molecule has 1 aromatic rings. The summed E-state index contributed by atoms with van der Waals surface area (Å²) in [5.41, 5.74) is 0. The van der Waals surface area contributed by atoms with Crippen LogP contribution < -0.4 is 10.6 Å². The first-order chi connectivity index (χ1) is 8.88. The fourth-order valence-electron chi connectivity index (χ4n) is 1.68. The van der Waals surface area contributed by atoms with Crippen LogP contribution >= 0.6 is 0 Å². The van der Waals surface area contributed by atoms with E-state index in [9.17, 15) is 0 Å². The van der Waals surface area contributed by atoms with Crippen LogP contribution in [0.4, 0.5) is 11.6 Å². The SMILES string of the molecule is CCCNc1cc(NCC2COCCO2)ncn1. The van der Waals surface area contributed by atoms with Gasteiger partial charge in [0.15, 0.2) is 0 Å². The normalized spacial score (nSPS) is 19.5. The van der Waals surface area contributed by atoms with E-state index in [1.54, 1.807) is 6.33 Å². The number of rotatable bonds is 6. The van der Waals surface area contributed by atoms with Gasteiger partial charge in [0.1, 0.15) is 18.0 Å². The molecule has 100 valence electrons. The van der Waals surface area contributed by atoms with Gasteiger partial charge in [-0.15, -0.1) is 0 Å². The van der Waals surface area contributed by atoms with Crippen LogP contribution in [0.15, 0.2) is 12.4 Å². The van der Waals surface area contributed by atoms with E-state index in [1.807, 2.05) is 6.07 Å². The summed E-state index contributed by atoms with van der Waals surface area (Å²) in [5.74, 6) is 1.65. The van der Waals surface area contributed by atoms with Gasteiger partial charge >= 0.3 is 0 Å². The van der Waals surface area contributed by atoms with E-state index in [1.165, 1.54) is 0 Å². The van der Waals surface area contributed by atoms with Crippen molar-refractivity contribution in [2.45, 2.75) is 19.4 Å². The Morgan fingerprint density at radius 3 is 2.83 bits per heavy atom. The van der Waals surface area contributed by atoms with E-state index in [2.05, 4.69) is 27.5 Å². The number of anilines is 2. The minimum atomic E-state index is 0.0979. The molecule has 0 aliphatic carbocycles. The van der Waals surface area contributed by atoms with Crippen molar-refractivity contribution < 1.29 is 9.47 Å². The van der Waals surface area contributed by atoms with Crippen LogP contribution in [0.1, 0.15) is 13.3 Å². The molecule has 0 spiro atoms. The fraction of sp³-hybridized carbons (Fsp3) is 0.667. The standard InChI is InChI=1S/C12H20N4O2/c1-2-3-13-11-6-12(16-9-15-11)14-7-10-8-17-4-5-18-10/h6,9-10H,2-5,7-8H2,1H3,(H2,13,14,15,16). The van der Waals surface area contributed by atoms with Gasteiger partial charge in [-0.3, -0.25) is 0 Å². The van der Waals surface area contributed by atoms with Crippen molar-refractivity contribution in [3.05, 3.63) is 12.4 Å². The molecule has 1 saturated heterocycles. The van der Waals surface area contributed by atoms with Gasteiger partial charge in [-0.2, -0.15) is 0 Å². The number of hydrogen-bond acceptors (Lipinski definition) is 6. The smallest absolute Gasteiger partial charge is 0.131 e. The summed E-state index contributed by atoms with van der Waals surface area (Å²) >= 11 is 0. The van der Waals surface area contributed by atoms with Crippen LogP contribution in [0.2, 0.25) is 0 Å². The van der Waals surface area contributed by atoms with Crippen molar-refractivity contribution in [3.63, 3.8) is 0 Å². The molecule has 2 heterocycles. The summed E-state index contributed by atoms with van der Waals surface area (Å²) in [6, 6.07) is 1.90. The van der Waals surface area contributed by atoms with Crippen molar-refractivity contribution in [1.82, 2.24) is 9.97 Å². The Balaban J connectivity index is 1.80. The van der Waals surface area contributed by atoms with Gasteiger partial charge in [-0.05, 0) is 6.42 Å². The Hall–Kier alpha value is -1.40. The summed E-state index contributed by atoms with van der Waals surface area (Å²) in [4.78, 5) is 8.33. The first kappa shape index (κ1) is 13.0. The molecule has 2 rings (SSSR count). The number of ether oxygens (including phenoxy) is 2. The molecule has 0 radical (unpaired) electrons. The Kier molecular flexibility index (Phi) is 5.16. The van der Waals surface area contributed by atoms with E-state index in [0.717, 1.165) is 24.6 Å². The van der Waals surface area contributed by atoms with Gasteiger partial charge in [0.05, 0.1) is 25.9 Å². The lowest BCUT2D eigenvalue weighted by atomic mass is 10.3. The average Bonchev–Trinajstić information content (AvgIpc) is 2.44. The first-order valence-electron chi connectivity index (χ1n) is 6.37. The van der Waals surface area contributed by atoms with E-state index in [-0.39, 0.29) is 6.10 Å². The van der Waals surface area contributed by atoms with Crippen LogP contribution in [-0.2, 0) is 9.47 Å². The van der Waals surface area contributed by atoms with Crippen LogP contribution in [0.25, 0.3) is 0 Å². The quantitative estimate of drug-likeness (QED) is 0.791. The molecule has 1 aliphatic rings. The van der Waals surface area contributed by atoms with E-state index in [0.29, 0.717) is 26.4 Å². The molecule has 0 aromatic carbocycles. The molecule has 1 unspecified atom stereocenters. The maximum atomic E-state index is 5.55. The molecule has 1 aliphatic heterocycles. The van der Waals surface area contributed by atoms with Crippen LogP contribution in [0, 0.1) is 0 Å². The second kappa shape index (κ2) is 7.13. The molecule has 1 atom stereocenters. The summed E-state index contributed by atoms with van der Waals surface area (Å²) in [6.45, 7) is 5.72. The zero-order valence-electron chi connectivity index (χ0n) is 10.7. The van der Waals surface area contributed by atoms with Crippen molar-refractivity contribution in [3.8, 4) is 0 Å². The lowest BCUT2D eigenvalue weighted by Crippen LogP contribution is -2.34. The van der Waals surface area contributed by atoms with Gasteiger partial charge < -0.3 is 20.1 Å². The highest BCUT2D eigenvalue weighted by Gasteiger charge is 2.13. The Morgan fingerprint density at radius 1 is 1.28 bits per heavy atom. The zero-order chi connectivity index (χ0) is 12.6. The monoisotopic (exact) mass is 252 g/mol. The average molecular weight is 252 g/mol. The molecule has 6 heteroatoms. The van der Waals surface area contributed by atoms with Crippen molar-refractivity contribution in [2.75, 3.05) is 43.5 Å². The molecular weight excluding hydrogens is 232 g/mol. The molecule has 2 N–H and O–H groups in total. The second-order valence-electron chi connectivity index (χ2n) is 4.16. The second-order valence-corrected chi connectivity index (χ2v) is 4.16. The molecule has 0 bridgehead atoms. The maximum Gasteiger partial charge on any atom is 0.131 e. The van der Waals surface area contributed by atoms with Gasteiger partial charge in [0.2, 0.25) is 0 Å². The molecule has 6 nitrogen and oxygen atoms in total. The Morgan fingerprint density at radius 2 is 2.11 bits per heavy atom. The molecule has 0 saturated carbocycles. The van der Waals surface area contributed by atoms with Crippen molar-refractivity contribution >= 4 is 11.6 Å². The number of nitrogens with one attached hydrogen (secondary N) is 2. The first-order valence-corrected chi connectivity index (χ1v) is 6.37. The molecule has 1 aromatic heterocycles. The number of aromatic nitrogens is 2. The van der Waals surface area contributed by atoms with E-state index < -0.39 is 0 Å². The largest absolute Gasteiger partial charge is 0.376 e. The predicted molar refractivity (Wildman–Crippen MR) is 69.9 cm³/mol. The van der Waals surface area contributed by atoms with Gasteiger partial charge in [0.25, 0.3) is 0 Å². The summed E-state index contributed by atoms with van der Waals surface area (Å²) in [6.07, 6.45) is 2.72. The van der Waals surface area contributed by atoms with Crippen molar-refractivity contribution in [1.29, 1.82) is 0 Å². The van der Waals surface area contributed by atoms with E-state index >= 15 is 0 Å². The van der Waals surface area contributed by atoms with Crippen LogP contribution in [0.3, 0.4) is 0 Å². The maximum absolute atomic E-state index is 5.55. The predicted octanol–water partition coefficient (Wildman–Crippen LogP) is 1.13. The van der Waals surface area contributed by atoms with Crippen molar-refractivity contribution in [2.24, 2.45) is 0 Å². The minimum Gasteiger partial charge on any atom is -0.376 e. The third-order valence-electron chi connectivity index (χ3n) is 2.62. The molecule has 18 heavy (non-hydrogen) atoms. The third-order valence-corrected chi connectivity index (χ3v) is 2.62. The molecular formula is C12H20N4O2. The van der Waals surface area contributed by atoms with Crippen LogP contribution in [-0.4, -0.2) is 49.0 Å². The van der Waals surface area contributed by atoms with Gasteiger partial charge in [-0.25, -0.2) is 9.97 Å². The highest BCUT2D eigenvalue weighted by atomic mass is 16.6. The third kappa shape index (κ3) is 4.12. The van der Waals surface area contributed by atoms with E-state index in [4.69, 9.17) is 9.47 Å².